The molecule has 5 heteroatoms. The second kappa shape index (κ2) is 6.79. The van der Waals surface area contributed by atoms with Gasteiger partial charge in [-0.1, -0.05) is 71.4 Å². The summed E-state index contributed by atoms with van der Waals surface area (Å²) >= 11 is 1.47. The van der Waals surface area contributed by atoms with Crippen LogP contribution in [0.4, 0.5) is 0 Å². The molecule has 0 radical (unpaired) electrons. The lowest BCUT2D eigenvalue weighted by Gasteiger charge is -2.03. The predicted octanol–water partition coefficient (Wildman–Crippen LogP) is 3.74. The van der Waals surface area contributed by atoms with E-state index in [-0.39, 0.29) is 5.56 Å². The van der Waals surface area contributed by atoms with E-state index in [1.807, 2.05) is 31.2 Å². The predicted molar refractivity (Wildman–Crippen MR) is 93.6 cm³/mol. The average Bonchev–Trinajstić information content (AvgIpc) is 2.55. The Bertz CT molecular complexity index is 855. The van der Waals surface area contributed by atoms with Gasteiger partial charge in [0.05, 0.1) is 0 Å². The molecule has 0 saturated carbocycles. The highest BCUT2D eigenvalue weighted by atomic mass is 32.2. The number of hydrogen-bond acceptors (Lipinski definition) is 4. The third-order valence-corrected chi connectivity index (χ3v) is 4.43. The van der Waals surface area contributed by atoms with Crippen LogP contribution in [0, 0.1) is 13.8 Å². The first kappa shape index (κ1) is 15.5. The van der Waals surface area contributed by atoms with Crippen LogP contribution in [0.1, 0.15) is 16.7 Å². The SMILES string of the molecule is Cc1ccc(CSc2nnc(-c3ccc(C)cc3)c(=O)[nH]2)cc1. The van der Waals surface area contributed by atoms with Crippen molar-refractivity contribution < 1.29 is 0 Å². The van der Waals surface area contributed by atoms with Gasteiger partial charge >= 0.3 is 0 Å². The molecule has 0 amide bonds. The molecule has 0 fully saturated rings. The van der Waals surface area contributed by atoms with Gasteiger partial charge in [-0.15, -0.1) is 10.2 Å². The number of aromatic amines is 1. The second-order valence-electron chi connectivity index (χ2n) is 5.45. The van der Waals surface area contributed by atoms with Crippen LogP contribution in [0.3, 0.4) is 0 Å². The number of thioether (sulfide) groups is 1. The molecule has 1 aromatic heterocycles. The van der Waals surface area contributed by atoms with Gasteiger partial charge in [0.1, 0.15) is 0 Å². The fourth-order valence-electron chi connectivity index (χ4n) is 2.12. The number of nitrogens with one attached hydrogen (secondary N) is 1. The number of benzene rings is 2. The Morgan fingerprint density at radius 1 is 0.913 bits per heavy atom. The van der Waals surface area contributed by atoms with Crippen molar-refractivity contribution >= 4 is 11.8 Å². The lowest BCUT2D eigenvalue weighted by molar-refractivity contribution is 0.824. The minimum Gasteiger partial charge on any atom is -0.298 e. The molecule has 116 valence electrons. The molecule has 0 aliphatic heterocycles. The van der Waals surface area contributed by atoms with Gasteiger partial charge in [0.2, 0.25) is 0 Å². The molecule has 1 N–H and O–H groups in total. The fraction of sp³-hybridized carbons (Fsp3) is 0.167. The van der Waals surface area contributed by atoms with Gasteiger partial charge in [-0.3, -0.25) is 9.78 Å². The number of H-pyrrole nitrogens is 1. The van der Waals surface area contributed by atoms with Gasteiger partial charge in [0.25, 0.3) is 5.56 Å². The van der Waals surface area contributed by atoms with Crippen molar-refractivity contribution in [3.05, 3.63) is 75.6 Å². The number of nitrogens with zero attached hydrogens (tertiary/aromatic N) is 2. The molecule has 0 spiro atoms. The number of hydrogen-bond donors (Lipinski definition) is 1. The highest BCUT2D eigenvalue weighted by Crippen LogP contribution is 2.19. The summed E-state index contributed by atoms with van der Waals surface area (Å²) in [5, 5.41) is 8.75. The van der Waals surface area contributed by atoms with Gasteiger partial charge in [-0.2, -0.15) is 0 Å². The van der Waals surface area contributed by atoms with Crippen LogP contribution in [0.15, 0.2) is 58.5 Å². The minimum absolute atomic E-state index is 0.213. The van der Waals surface area contributed by atoms with E-state index in [1.54, 1.807) is 0 Å². The number of aryl methyl sites for hydroxylation is 2. The summed E-state index contributed by atoms with van der Waals surface area (Å²) in [6.07, 6.45) is 0. The maximum atomic E-state index is 12.2. The Morgan fingerprint density at radius 3 is 2.13 bits per heavy atom. The molecule has 0 atom stereocenters. The summed E-state index contributed by atoms with van der Waals surface area (Å²) in [6, 6.07) is 16.0. The smallest absolute Gasteiger partial charge is 0.278 e. The third-order valence-electron chi connectivity index (χ3n) is 3.50. The molecule has 4 nitrogen and oxygen atoms in total. The topological polar surface area (TPSA) is 58.6 Å². The van der Waals surface area contributed by atoms with Crippen LogP contribution >= 0.6 is 11.8 Å². The first-order valence-electron chi connectivity index (χ1n) is 7.34. The summed E-state index contributed by atoms with van der Waals surface area (Å²) < 4.78 is 0. The zero-order chi connectivity index (χ0) is 16.2. The maximum Gasteiger partial charge on any atom is 0.278 e. The number of rotatable bonds is 4. The van der Waals surface area contributed by atoms with Gasteiger partial charge in [0.15, 0.2) is 10.9 Å². The zero-order valence-corrected chi connectivity index (χ0v) is 13.9. The van der Waals surface area contributed by atoms with E-state index in [0.29, 0.717) is 10.9 Å². The quantitative estimate of drug-likeness (QED) is 0.743. The summed E-state index contributed by atoms with van der Waals surface area (Å²) in [5.41, 5.74) is 4.48. The molecule has 0 saturated heterocycles. The Hall–Kier alpha value is -2.40. The molecule has 0 unspecified atom stereocenters. The fourth-order valence-corrected chi connectivity index (χ4v) is 2.88. The largest absolute Gasteiger partial charge is 0.298 e. The Labute approximate surface area is 139 Å². The van der Waals surface area contributed by atoms with E-state index >= 15 is 0 Å². The summed E-state index contributed by atoms with van der Waals surface area (Å²) in [7, 11) is 0. The van der Waals surface area contributed by atoms with Crippen LogP contribution in [-0.2, 0) is 5.75 Å². The van der Waals surface area contributed by atoms with Crippen molar-refractivity contribution in [1.82, 2.24) is 15.2 Å². The van der Waals surface area contributed by atoms with Crippen LogP contribution < -0.4 is 5.56 Å². The van der Waals surface area contributed by atoms with Crippen LogP contribution in [0.25, 0.3) is 11.3 Å². The van der Waals surface area contributed by atoms with E-state index in [0.717, 1.165) is 16.9 Å². The van der Waals surface area contributed by atoms with Crippen LogP contribution in [0.2, 0.25) is 0 Å². The monoisotopic (exact) mass is 323 g/mol. The minimum atomic E-state index is -0.213. The Kier molecular flexibility index (Phi) is 4.57. The van der Waals surface area contributed by atoms with Gasteiger partial charge in [0, 0.05) is 11.3 Å². The molecule has 0 bridgehead atoms. The summed E-state index contributed by atoms with van der Waals surface area (Å²) in [6.45, 7) is 4.06. The Balaban J connectivity index is 1.75. The standard InChI is InChI=1S/C18H17N3OS/c1-12-3-7-14(8-4-12)11-23-18-19-17(22)16(20-21-18)15-9-5-13(2)6-10-15/h3-10H,11H2,1-2H3,(H,19,21,22). The first-order chi connectivity index (χ1) is 11.1. The maximum absolute atomic E-state index is 12.2. The van der Waals surface area contributed by atoms with Gasteiger partial charge in [-0.05, 0) is 19.4 Å². The second-order valence-corrected chi connectivity index (χ2v) is 6.41. The van der Waals surface area contributed by atoms with Crippen molar-refractivity contribution in [2.75, 3.05) is 0 Å². The first-order valence-corrected chi connectivity index (χ1v) is 8.33. The van der Waals surface area contributed by atoms with Crippen LogP contribution in [-0.4, -0.2) is 15.2 Å². The normalized spacial score (nSPS) is 10.7. The van der Waals surface area contributed by atoms with E-state index < -0.39 is 0 Å². The lowest BCUT2D eigenvalue weighted by atomic mass is 10.1. The van der Waals surface area contributed by atoms with Crippen molar-refractivity contribution in [1.29, 1.82) is 0 Å². The van der Waals surface area contributed by atoms with Gasteiger partial charge in [-0.25, -0.2) is 0 Å². The summed E-state index contributed by atoms with van der Waals surface area (Å²) in [4.78, 5) is 15.0. The lowest BCUT2D eigenvalue weighted by Crippen LogP contribution is -2.14. The van der Waals surface area contributed by atoms with Gasteiger partial charge < -0.3 is 0 Å². The van der Waals surface area contributed by atoms with Crippen molar-refractivity contribution in [2.24, 2.45) is 0 Å². The molecular weight excluding hydrogens is 306 g/mol. The van der Waals surface area contributed by atoms with E-state index in [4.69, 9.17) is 0 Å². The zero-order valence-electron chi connectivity index (χ0n) is 13.0. The van der Waals surface area contributed by atoms with Crippen molar-refractivity contribution in [2.45, 2.75) is 24.8 Å². The highest BCUT2D eigenvalue weighted by molar-refractivity contribution is 7.98. The average molecular weight is 323 g/mol. The molecule has 1 heterocycles. The van der Waals surface area contributed by atoms with E-state index in [9.17, 15) is 4.79 Å². The molecule has 2 aromatic carbocycles. The molecule has 0 aliphatic rings. The molecule has 3 rings (SSSR count). The number of aromatic nitrogens is 3. The highest BCUT2D eigenvalue weighted by Gasteiger charge is 2.08. The summed E-state index contributed by atoms with van der Waals surface area (Å²) in [5.74, 6) is 0.745. The van der Waals surface area contributed by atoms with Crippen LogP contribution in [0.5, 0.6) is 0 Å². The van der Waals surface area contributed by atoms with E-state index in [1.165, 1.54) is 22.9 Å². The van der Waals surface area contributed by atoms with Crippen molar-refractivity contribution in [3.63, 3.8) is 0 Å². The molecule has 3 aromatic rings. The Morgan fingerprint density at radius 2 is 1.52 bits per heavy atom. The van der Waals surface area contributed by atoms with E-state index in [2.05, 4.69) is 46.4 Å². The molecular formula is C18H17N3OS. The third kappa shape index (κ3) is 3.87. The molecule has 23 heavy (non-hydrogen) atoms. The van der Waals surface area contributed by atoms with Crippen molar-refractivity contribution in [3.8, 4) is 11.3 Å². The molecule has 0 aliphatic carbocycles.